The molecular weight excluding hydrogens is 310 g/mol. The molecular formula is C18H14ClN3O. The maximum atomic E-state index is 13.1. The van der Waals surface area contributed by atoms with Gasteiger partial charge in [0.2, 0.25) is 0 Å². The van der Waals surface area contributed by atoms with E-state index in [4.69, 9.17) is 11.6 Å². The Balaban J connectivity index is 1.77. The second kappa shape index (κ2) is 5.56. The molecule has 0 atom stereocenters. The first kappa shape index (κ1) is 14.0. The van der Waals surface area contributed by atoms with Crippen LogP contribution in [0.2, 0.25) is 5.02 Å². The topological polar surface area (TPSA) is 38.1 Å². The quantitative estimate of drug-likeness (QED) is 0.720. The van der Waals surface area contributed by atoms with E-state index >= 15 is 0 Å². The van der Waals surface area contributed by atoms with Crippen LogP contribution in [0.1, 0.15) is 15.9 Å². The monoisotopic (exact) mass is 323 g/mol. The number of hydrogen-bond acceptors (Lipinski definition) is 2. The van der Waals surface area contributed by atoms with Crippen molar-refractivity contribution >= 4 is 23.2 Å². The molecule has 0 unspecified atom stereocenters. The molecule has 5 heteroatoms. The summed E-state index contributed by atoms with van der Waals surface area (Å²) in [6.45, 7) is 0.669. The van der Waals surface area contributed by atoms with Gasteiger partial charge in [-0.3, -0.25) is 4.79 Å². The zero-order valence-corrected chi connectivity index (χ0v) is 13.1. The molecule has 0 bridgehead atoms. The maximum Gasteiger partial charge on any atom is 0.260 e. The van der Waals surface area contributed by atoms with Gasteiger partial charge in [0.15, 0.2) is 0 Å². The molecule has 0 fully saturated rings. The molecule has 0 N–H and O–H groups in total. The highest BCUT2D eigenvalue weighted by Crippen LogP contribution is 2.32. The van der Waals surface area contributed by atoms with Crippen molar-refractivity contribution in [2.24, 2.45) is 0 Å². The van der Waals surface area contributed by atoms with E-state index in [0.717, 1.165) is 23.4 Å². The molecule has 4 nitrogen and oxygen atoms in total. The van der Waals surface area contributed by atoms with Gasteiger partial charge in [0.05, 0.1) is 11.3 Å². The van der Waals surface area contributed by atoms with Gasteiger partial charge in [-0.15, -0.1) is 0 Å². The van der Waals surface area contributed by atoms with E-state index < -0.39 is 0 Å². The van der Waals surface area contributed by atoms with Crippen molar-refractivity contribution in [2.75, 3.05) is 11.4 Å². The molecule has 4 rings (SSSR count). The van der Waals surface area contributed by atoms with Crippen molar-refractivity contribution in [3.63, 3.8) is 0 Å². The van der Waals surface area contributed by atoms with Gasteiger partial charge in [-0.25, -0.2) is 4.68 Å². The molecule has 1 aromatic heterocycles. The van der Waals surface area contributed by atoms with Gasteiger partial charge < -0.3 is 4.90 Å². The fourth-order valence-electron chi connectivity index (χ4n) is 2.97. The Morgan fingerprint density at radius 1 is 1.09 bits per heavy atom. The predicted molar refractivity (Wildman–Crippen MR) is 90.4 cm³/mol. The summed E-state index contributed by atoms with van der Waals surface area (Å²) < 4.78 is 1.71. The van der Waals surface area contributed by atoms with E-state index in [9.17, 15) is 4.79 Å². The summed E-state index contributed by atoms with van der Waals surface area (Å²) >= 11 is 6.10. The van der Waals surface area contributed by atoms with E-state index in [2.05, 4.69) is 5.10 Å². The number of fused-ring (bicyclic) bond motifs is 1. The van der Waals surface area contributed by atoms with Crippen LogP contribution in [0.3, 0.4) is 0 Å². The van der Waals surface area contributed by atoms with Crippen LogP contribution in [-0.4, -0.2) is 22.2 Å². The first-order valence-corrected chi connectivity index (χ1v) is 7.81. The third-order valence-corrected chi connectivity index (χ3v) is 4.31. The highest BCUT2D eigenvalue weighted by molar-refractivity contribution is 6.31. The molecule has 0 saturated carbocycles. The zero-order valence-electron chi connectivity index (χ0n) is 12.3. The molecule has 1 aliphatic heterocycles. The highest BCUT2D eigenvalue weighted by Gasteiger charge is 2.27. The Labute approximate surface area is 138 Å². The molecule has 0 radical (unpaired) electrons. The normalized spacial score (nSPS) is 13.2. The summed E-state index contributed by atoms with van der Waals surface area (Å²) in [5.41, 5.74) is 3.46. The van der Waals surface area contributed by atoms with E-state index in [1.807, 2.05) is 54.7 Å². The van der Waals surface area contributed by atoms with Crippen molar-refractivity contribution < 1.29 is 4.79 Å². The summed E-state index contributed by atoms with van der Waals surface area (Å²) in [5.74, 6) is -0.0304. The first-order chi connectivity index (χ1) is 11.2. The molecule has 1 aliphatic rings. The number of carbonyl (C=O) groups excluding carboxylic acids is 1. The minimum Gasteiger partial charge on any atom is -0.308 e. The van der Waals surface area contributed by atoms with Gasteiger partial charge >= 0.3 is 0 Å². The molecule has 0 aliphatic carbocycles. The van der Waals surface area contributed by atoms with Gasteiger partial charge in [0.1, 0.15) is 0 Å². The number of nitrogens with zero attached hydrogens (tertiary/aromatic N) is 3. The number of halogens is 1. The summed E-state index contributed by atoms with van der Waals surface area (Å²) in [5, 5.41) is 4.88. The zero-order chi connectivity index (χ0) is 15.8. The number of aromatic nitrogens is 2. The fourth-order valence-corrected chi connectivity index (χ4v) is 3.14. The molecule has 1 amide bonds. The average molecular weight is 324 g/mol. The largest absolute Gasteiger partial charge is 0.308 e. The number of rotatable bonds is 2. The number of hydrogen-bond donors (Lipinski definition) is 0. The lowest BCUT2D eigenvalue weighted by Gasteiger charge is -2.19. The second-order valence-corrected chi connectivity index (χ2v) is 5.88. The molecule has 2 heterocycles. The Morgan fingerprint density at radius 3 is 2.78 bits per heavy atom. The molecule has 0 spiro atoms. The molecule has 0 saturated heterocycles. The van der Waals surface area contributed by atoms with Crippen LogP contribution in [-0.2, 0) is 6.42 Å². The minimum absolute atomic E-state index is 0.0304. The van der Waals surface area contributed by atoms with Gasteiger partial charge in [0, 0.05) is 29.6 Å². The van der Waals surface area contributed by atoms with E-state index in [1.165, 1.54) is 0 Å². The first-order valence-electron chi connectivity index (χ1n) is 7.43. The van der Waals surface area contributed by atoms with Crippen LogP contribution < -0.4 is 4.90 Å². The number of amides is 1. The number of anilines is 1. The van der Waals surface area contributed by atoms with E-state index in [-0.39, 0.29) is 5.91 Å². The van der Waals surface area contributed by atoms with E-state index in [1.54, 1.807) is 15.8 Å². The molecule has 114 valence electrons. The fraction of sp³-hybridized carbons (Fsp3) is 0.111. The third kappa shape index (κ3) is 2.41. The Hall–Kier alpha value is -2.59. The van der Waals surface area contributed by atoms with Crippen LogP contribution in [0.4, 0.5) is 5.69 Å². The van der Waals surface area contributed by atoms with Crippen molar-refractivity contribution in [2.45, 2.75) is 6.42 Å². The SMILES string of the molecule is O=C(c1ccccc1-n1cccn1)N1CCc2ccc(Cl)cc21. The summed E-state index contributed by atoms with van der Waals surface area (Å²) in [6.07, 6.45) is 4.38. The smallest absolute Gasteiger partial charge is 0.260 e. The van der Waals surface area contributed by atoms with E-state index in [0.29, 0.717) is 17.1 Å². The lowest BCUT2D eigenvalue weighted by atomic mass is 10.1. The van der Waals surface area contributed by atoms with Crippen LogP contribution >= 0.6 is 11.6 Å². The van der Waals surface area contributed by atoms with Crippen molar-refractivity contribution in [1.29, 1.82) is 0 Å². The minimum atomic E-state index is -0.0304. The lowest BCUT2D eigenvalue weighted by Crippen LogP contribution is -2.29. The van der Waals surface area contributed by atoms with Crippen LogP contribution in [0, 0.1) is 0 Å². The van der Waals surface area contributed by atoms with Crippen LogP contribution in [0.25, 0.3) is 5.69 Å². The Kier molecular flexibility index (Phi) is 3.39. The van der Waals surface area contributed by atoms with Crippen LogP contribution in [0.15, 0.2) is 60.9 Å². The van der Waals surface area contributed by atoms with Gasteiger partial charge in [-0.05, 0) is 42.3 Å². The summed E-state index contributed by atoms with van der Waals surface area (Å²) in [4.78, 5) is 14.9. The van der Waals surface area contributed by atoms with Crippen LogP contribution in [0.5, 0.6) is 0 Å². The number of carbonyl (C=O) groups is 1. The molecule has 3 aromatic rings. The number of para-hydroxylation sites is 1. The molecule has 23 heavy (non-hydrogen) atoms. The second-order valence-electron chi connectivity index (χ2n) is 5.45. The van der Waals surface area contributed by atoms with Crippen molar-refractivity contribution in [3.05, 3.63) is 77.1 Å². The summed E-state index contributed by atoms with van der Waals surface area (Å²) in [6, 6.07) is 15.1. The summed E-state index contributed by atoms with van der Waals surface area (Å²) in [7, 11) is 0. The molecule has 2 aromatic carbocycles. The van der Waals surface area contributed by atoms with Gasteiger partial charge in [0.25, 0.3) is 5.91 Å². The van der Waals surface area contributed by atoms with Gasteiger partial charge in [-0.2, -0.15) is 5.10 Å². The van der Waals surface area contributed by atoms with Crippen molar-refractivity contribution in [3.8, 4) is 5.69 Å². The standard InChI is InChI=1S/C18H14ClN3O/c19-14-7-6-13-8-11-21(17(13)12-14)18(23)15-4-1-2-5-16(15)22-10-3-9-20-22/h1-7,9-10,12H,8,11H2. The maximum absolute atomic E-state index is 13.1. The third-order valence-electron chi connectivity index (χ3n) is 4.07. The lowest BCUT2D eigenvalue weighted by molar-refractivity contribution is 0.0989. The number of benzene rings is 2. The van der Waals surface area contributed by atoms with Gasteiger partial charge in [-0.1, -0.05) is 29.8 Å². The predicted octanol–water partition coefficient (Wildman–Crippen LogP) is 3.73. The Bertz CT molecular complexity index is 874. The highest BCUT2D eigenvalue weighted by atomic mass is 35.5. The Morgan fingerprint density at radius 2 is 1.96 bits per heavy atom. The van der Waals surface area contributed by atoms with Crippen molar-refractivity contribution in [1.82, 2.24) is 9.78 Å². The average Bonchev–Trinajstić information content (AvgIpc) is 3.23.